The summed E-state index contributed by atoms with van der Waals surface area (Å²) in [6, 6.07) is 90.1. The van der Waals surface area contributed by atoms with Gasteiger partial charge >= 0.3 is 0 Å². The number of Topliss-reactive ketones (excluding diaryl/α,β-unsaturated/α-hetero) is 2. The zero-order valence-electron chi connectivity index (χ0n) is 74.3. The summed E-state index contributed by atoms with van der Waals surface area (Å²) in [5.41, 5.74) is 15.3. The number of phenolic OH excluding ortho intramolecular Hbond substituents is 2. The summed E-state index contributed by atoms with van der Waals surface area (Å²) in [6.07, 6.45) is 13.1. The molecule has 14 aromatic rings. The van der Waals surface area contributed by atoms with Gasteiger partial charge in [0.15, 0.2) is 17.3 Å². The summed E-state index contributed by atoms with van der Waals surface area (Å²) < 4.78 is 41.8. The molecule has 4 aromatic heterocycles. The molecular weight excluding hydrogens is 2510 g/mol. The fourth-order valence-electron chi connectivity index (χ4n) is 13.6. The fraction of sp³-hybridized carbons (Fsp3) is 0.213. The van der Waals surface area contributed by atoms with E-state index in [-0.39, 0.29) is 186 Å². The van der Waals surface area contributed by atoms with Gasteiger partial charge in [0.05, 0.1) is 22.7 Å². The molecule has 0 aliphatic heterocycles. The van der Waals surface area contributed by atoms with Gasteiger partial charge in [0.1, 0.15) is 17.3 Å². The summed E-state index contributed by atoms with van der Waals surface area (Å²) >= 11 is 0. The molecule has 4 N–H and O–H groups in total. The van der Waals surface area contributed by atoms with Gasteiger partial charge in [0, 0.05) is 191 Å². The van der Waals surface area contributed by atoms with Crippen molar-refractivity contribution in [2.75, 3.05) is 0 Å². The van der Waals surface area contributed by atoms with Crippen molar-refractivity contribution in [1.82, 2.24) is 19.9 Å². The van der Waals surface area contributed by atoms with Gasteiger partial charge in [-0.2, -0.15) is 0 Å². The second-order valence-corrected chi connectivity index (χ2v) is 33.9. The van der Waals surface area contributed by atoms with E-state index in [1.807, 2.05) is 152 Å². The number of nitrogens with zero attached hydrogens (tertiary/aromatic N) is 6. The molecule has 0 unspecified atom stereocenters. The number of para-hydroxylation sites is 2. The van der Waals surface area contributed by atoms with E-state index < -0.39 is 5.92 Å². The molecule has 13 nitrogen and oxygen atoms in total. The monoisotopic (exact) mass is 2620 g/mol. The molecule has 0 spiro atoms. The number of aliphatic hydroxyl groups is 2. The largest absolute Gasteiger partial charge is 0.512 e. The van der Waals surface area contributed by atoms with Gasteiger partial charge in [0.25, 0.3) is 5.92 Å². The van der Waals surface area contributed by atoms with Crippen molar-refractivity contribution in [2.24, 2.45) is 9.98 Å². The first-order valence-corrected chi connectivity index (χ1v) is 40.8. The zero-order valence-corrected chi connectivity index (χ0v) is 86.2. The standard InChI is InChI=1S/C36H48N2O2.C17H12N.C16H8F2N.C15H10N.C11H7FN.C8H10O3.C5H8O2.4Ir.Pt/c1-33(2,3)25-17-23(31(39)27(19-25)35(7,8)9)21-37-29-15-13-14-16-30(29)38-22-24-18-26(34(4,5)6)20-28(32(24)40)36(10,11)12;1-2-6-14(7-3-1)15-9-11-16(12-10-15)17-8-4-5-13-18-17;17-16(18)12-6-2-1-5-11(12)15-14-10(8-9-19-15)4-3-7-13(14)16;1-2-7-13(8-3-1)15-14-9-5-4-6-12(14)10-11-16-15;12-10-6-4-9(5-7-10)11-3-1-2-8-13-11;1-5(9)8-6(10)3-2-4-7(8)11;1-4(6)3-5(2)7;;;;;/h13-22,39-40H,1-12H3;1-11,13H;1-4,6-9H;1-7,9-11H;1-4,6-8H;10H,2-4H2,1H3;3,6H,1-2H3;;;;;/q;4*-1;;;;;;;. The Balaban J connectivity index is 0.000000283. The number of aromatic nitrogens is 4. The molecular formula is C108H103F3Ir4N6O7Pt-4. The van der Waals surface area contributed by atoms with Crippen molar-refractivity contribution in [3.8, 4) is 67.7 Å². The molecule has 2 aliphatic rings. The number of fused-ring (bicyclic) bond motifs is 3. The summed E-state index contributed by atoms with van der Waals surface area (Å²) in [5.74, 6) is -3.41. The summed E-state index contributed by atoms with van der Waals surface area (Å²) in [5, 5.41) is 43.6. The molecule has 678 valence electrons. The Morgan fingerprint density at radius 2 is 0.961 bits per heavy atom. The van der Waals surface area contributed by atoms with Crippen LogP contribution in [0.15, 0.2) is 307 Å². The summed E-state index contributed by atoms with van der Waals surface area (Å²) in [6.45, 7) is 29.8. The normalized spacial score (nSPS) is 12.4. The van der Waals surface area contributed by atoms with Crippen molar-refractivity contribution in [3.63, 3.8) is 0 Å². The minimum absolute atomic E-state index is 0. The van der Waals surface area contributed by atoms with Crippen molar-refractivity contribution in [1.29, 1.82) is 0 Å². The van der Waals surface area contributed by atoms with Crippen LogP contribution >= 0.6 is 0 Å². The third-order valence-corrected chi connectivity index (χ3v) is 20.1. The van der Waals surface area contributed by atoms with E-state index >= 15 is 0 Å². The first-order chi connectivity index (χ1) is 58.9. The zero-order chi connectivity index (χ0) is 89.7. The van der Waals surface area contributed by atoms with Crippen molar-refractivity contribution < 1.29 is 149 Å². The van der Waals surface area contributed by atoms with Crippen molar-refractivity contribution in [3.05, 3.63) is 371 Å². The van der Waals surface area contributed by atoms with Crippen molar-refractivity contribution >= 4 is 62.7 Å². The Bertz CT molecular complexity index is 6020. The number of allylic oxidation sites excluding steroid dienone is 4. The Hall–Kier alpha value is -10.6. The fourth-order valence-corrected chi connectivity index (χ4v) is 13.6. The predicted molar refractivity (Wildman–Crippen MR) is 496 cm³/mol. The van der Waals surface area contributed by atoms with Crippen LogP contribution in [0.3, 0.4) is 0 Å². The molecule has 129 heavy (non-hydrogen) atoms. The second kappa shape index (κ2) is 49.4. The maximum atomic E-state index is 14.6. The molecule has 10 aromatic carbocycles. The minimum Gasteiger partial charge on any atom is -0.512 e. The Morgan fingerprint density at radius 3 is 1.43 bits per heavy atom. The van der Waals surface area contributed by atoms with Crippen LogP contribution in [0.1, 0.15) is 168 Å². The third kappa shape index (κ3) is 30.0. The van der Waals surface area contributed by atoms with Gasteiger partial charge in [-0.25, -0.2) is 8.78 Å². The van der Waals surface area contributed by atoms with Crippen LogP contribution in [0, 0.1) is 30.1 Å². The molecule has 0 bridgehead atoms. The van der Waals surface area contributed by atoms with Crippen LogP contribution in [0.5, 0.6) is 11.5 Å². The molecule has 16 rings (SSSR count). The quantitative estimate of drug-likeness (QED) is 0.0333. The first-order valence-electron chi connectivity index (χ1n) is 40.8. The molecule has 0 saturated heterocycles. The minimum atomic E-state index is -3.00. The predicted octanol–water partition coefficient (Wildman–Crippen LogP) is 26.7. The Morgan fingerprint density at radius 1 is 0.465 bits per heavy atom. The van der Waals surface area contributed by atoms with Gasteiger partial charge < -0.3 is 40.4 Å². The average molecular weight is 2620 g/mol. The third-order valence-electron chi connectivity index (χ3n) is 20.1. The number of hydrogen-bond acceptors (Lipinski definition) is 13. The number of carbonyl (C=O) groups is 3. The topological polar surface area (TPSA) is 208 Å². The number of aliphatic imine (C=N–C) groups is 2. The summed E-state index contributed by atoms with van der Waals surface area (Å²) in [4.78, 5) is 58.5. The number of rotatable bonds is 10. The van der Waals surface area contributed by atoms with E-state index in [1.165, 1.54) is 73.0 Å². The smallest absolute Gasteiger partial charge is 0.266 e. The Labute approximate surface area is 824 Å². The maximum Gasteiger partial charge on any atom is 0.266 e. The number of carbonyl (C=O) groups excluding carboxylic acids is 3. The first kappa shape index (κ1) is 109. The number of ketones is 3. The van der Waals surface area contributed by atoms with E-state index in [9.17, 15) is 37.8 Å². The van der Waals surface area contributed by atoms with Crippen LogP contribution in [-0.2, 0) is 143 Å². The van der Waals surface area contributed by atoms with E-state index in [0.29, 0.717) is 58.4 Å². The van der Waals surface area contributed by atoms with Crippen LogP contribution in [0.2, 0.25) is 0 Å². The van der Waals surface area contributed by atoms with Gasteiger partial charge in [-0.05, 0) is 153 Å². The summed E-state index contributed by atoms with van der Waals surface area (Å²) in [7, 11) is 0. The van der Waals surface area contributed by atoms with E-state index in [4.69, 9.17) is 20.2 Å². The van der Waals surface area contributed by atoms with Crippen LogP contribution < -0.4 is 0 Å². The number of pyridine rings is 4. The van der Waals surface area contributed by atoms with Crippen molar-refractivity contribution in [2.45, 2.75) is 151 Å². The van der Waals surface area contributed by atoms with E-state index in [0.717, 1.165) is 61.4 Å². The number of halogens is 3. The average Bonchev–Trinajstić information content (AvgIpc) is 0.720. The van der Waals surface area contributed by atoms with Crippen LogP contribution in [0.4, 0.5) is 24.5 Å². The van der Waals surface area contributed by atoms with Gasteiger partial charge in [-0.3, -0.25) is 28.8 Å². The molecule has 2 aliphatic carbocycles. The van der Waals surface area contributed by atoms with E-state index in [1.54, 1.807) is 61.4 Å². The number of aliphatic hydroxyl groups excluding tert-OH is 2. The molecule has 21 heteroatoms. The maximum absolute atomic E-state index is 14.6. The number of phenols is 2. The number of hydrogen-bond donors (Lipinski definition) is 4. The van der Waals surface area contributed by atoms with Crippen LogP contribution in [-0.4, -0.2) is 70.1 Å². The Kier molecular flexibility index (Phi) is 41.8. The SMILES string of the molecule is CC(=O)C1=C(O)CCCC1=O.CC(=O)C=C(C)O.CC(C)(C)c1cc(C=Nc2ccccc2N=Cc2cc(C(C)(C)C)cc(C(C)(C)C)c2O)c(O)c(C(C)(C)C)c1.FC1(F)c2ccc[c-]c2-c2nccc3cccc1c23.Fc1c[c-]c(-c2ccccn2)cc1.[Ir].[Ir].[Ir].[Ir].[Pt].[c-]1cc(-c2ccccc2)ccc1-c1ccccn1.[c-]1ccccc1-c1nccc2ccccc12. The van der Waals surface area contributed by atoms with Gasteiger partial charge in [-0.1, -0.05) is 221 Å². The van der Waals surface area contributed by atoms with Gasteiger partial charge in [0.2, 0.25) is 0 Å². The number of aromatic hydroxyl groups is 2. The molecule has 0 atom stereocenters. The number of alkyl halides is 2. The number of benzene rings is 10. The van der Waals surface area contributed by atoms with E-state index in [2.05, 4.69) is 176 Å². The molecule has 0 fully saturated rings. The molecule has 0 saturated carbocycles. The molecule has 4 heterocycles. The molecule has 4 radical (unpaired) electrons. The van der Waals surface area contributed by atoms with Gasteiger partial charge in [-0.15, -0.1) is 125 Å². The second-order valence-electron chi connectivity index (χ2n) is 33.9. The van der Waals surface area contributed by atoms with Crippen LogP contribution in [0.25, 0.3) is 77.7 Å². The molecule has 0 amide bonds.